The molecule has 0 bridgehead atoms. The van der Waals surface area contributed by atoms with Crippen molar-refractivity contribution in [3.8, 4) is 5.75 Å². The summed E-state index contributed by atoms with van der Waals surface area (Å²) in [7, 11) is 0. The highest BCUT2D eigenvalue weighted by molar-refractivity contribution is 7.99. The van der Waals surface area contributed by atoms with Gasteiger partial charge in [0.2, 0.25) is 0 Å². The predicted molar refractivity (Wildman–Crippen MR) is 92.8 cm³/mol. The number of benzene rings is 1. The van der Waals surface area contributed by atoms with Crippen LogP contribution in [-0.4, -0.2) is 35.1 Å². The van der Waals surface area contributed by atoms with Gasteiger partial charge in [-0.25, -0.2) is 0 Å². The van der Waals surface area contributed by atoms with Crippen LogP contribution < -0.4 is 10.1 Å². The normalized spacial score (nSPS) is 22.1. The standard InChI is InChI=1S/C17H25N3OS/c1-3-10-18-12-4-6-13(7-5-12)21-16-9-8-15-14(11-19-20-15)17(16)22-2/h8-9,11-13,18H,3-7,10H2,1-2H3,(H,19,20). The molecular weight excluding hydrogens is 294 g/mol. The van der Waals surface area contributed by atoms with Crippen molar-refractivity contribution in [2.75, 3.05) is 12.8 Å². The molecule has 1 saturated carbocycles. The van der Waals surface area contributed by atoms with Crippen molar-refractivity contribution in [3.05, 3.63) is 18.3 Å². The average molecular weight is 319 g/mol. The average Bonchev–Trinajstić information content (AvgIpc) is 3.02. The van der Waals surface area contributed by atoms with Gasteiger partial charge in [-0.3, -0.25) is 5.10 Å². The number of nitrogens with one attached hydrogen (secondary N) is 2. The van der Waals surface area contributed by atoms with E-state index in [2.05, 4.69) is 40.8 Å². The third-order valence-electron chi connectivity index (χ3n) is 4.39. The van der Waals surface area contributed by atoms with Gasteiger partial charge in [0.05, 0.1) is 22.7 Å². The maximum atomic E-state index is 6.32. The second-order valence-corrected chi connectivity index (χ2v) is 6.79. The van der Waals surface area contributed by atoms with Crippen LogP contribution >= 0.6 is 11.8 Å². The molecule has 1 aromatic heterocycles. The van der Waals surface area contributed by atoms with Crippen LogP contribution in [0.15, 0.2) is 23.2 Å². The number of hydrogen-bond donors (Lipinski definition) is 2. The Kier molecular flexibility index (Phi) is 5.26. The van der Waals surface area contributed by atoms with Crippen molar-refractivity contribution in [1.29, 1.82) is 0 Å². The van der Waals surface area contributed by atoms with Crippen molar-refractivity contribution in [1.82, 2.24) is 15.5 Å². The van der Waals surface area contributed by atoms with E-state index in [1.807, 2.05) is 6.20 Å². The van der Waals surface area contributed by atoms with Crippen molar-refractivity contribution in [2.24, 2.45) is 0 Å². The van der Waals surface area contributed by atoms with E-state index >= 15 is 0 Å². The molecule has 1 heterocycles. The number of fused-ring (bicyclic) bond motifs is 1. The Hall–Kier alpha value is -1.20. The van der Waals surface area contributed by atoms with E-state index in [0.717, 1.165) is 36.0 Å². The van der Waals surface area contributed by atoms with Gasteiger partial charge in [-0.1, -0.05) is 6.92 Å². The molecule has 0 aliphatic heterocycles. The molecule has 0 amide bonds. The largest absolute Gasteiger partial charge is 0.489 e. The Morgan fingerprint density at radius 1 is 1.32 bits per heavy atom. The third kappa shape index (κ3) is 3.41. The van der Waals surface area contributed by atoms with Crippen LogP contribution in [0.5, 0.6) is 5.75 Å². The first-order chi connectivity index (χ1) is 10.8. The van der Waals surface area contributed by atoms with Crippen LogP contribution in [0.1, 0.15) is 39.0 Å². The molecule has 0 atom stereocenters. The van der Waals surface area contributed by atoms with E-state index in [1.54, 1.807) is 11.8 Å². The Balaban J connectivity index is 1.64. The minimum atomic E-state index is 0.343. The van der Waals surface area contributed by atoms with Gasteiger partial charge in [0.1, 0.15) is 5.75 Å². The maximum Gasteiger partial charge on any atom is 0.134 e. The zero-order valence-electron chi connectivity index (χ0n) is 13.4. The lowest BCUT2D eigenvalue weighted by Gasteiger charge is -2.30. The zero-order valence-corrected chi connectivity index (χ0v) is 14.2. The molecule has 120 valence electrons. The van der Waals surface area contributed by atoms with E-state index in [1.165, 1.54) is 24.2 Å². The minimum absolute atomic E-state index is 0.343. The summed E-state index contributed by atoms with van der Waals surface area (Å²) in [4.78, 5) is 1.19. The van der Waals surface area contributed by atoms with Gasteiger partial charge in [0.15, 0.2) is 0 Å². The third-order valence-corrected chi connectivity index (χ3v) is 5.22. The molecule has 4 nitrogen and oxygen atoms in total. The van der Waals surface area contributed by atoms with Crippen LogP contribution in [0.4, 0.5) is 0 Å². The molecule has 2 aromatic rings. The highest BCUT2D eigenvalue weighted by Crippen LogP contribution is 2.36. The first-order valence-electron chi connectivity index (χ1n) is 8.22. The van der Waals surface area contributed by atoms with Crippen LogP contribution in [-0.2, 0) is 0 Å². The van der Waals surface area contributed by atoms with Crippen molar-refractivity contribution < 1.29 is 4.74 Å². The second-order valence-electron chi connectivity index (χ2n) is 5.97. The van der Waals surface area contributed by atoms with E-state index in [0.29, 0.717) is 12.1 Å². The van der Waals surface area contributed by atoms with Crippen molar-refractivity contribution >= 4 is 22.7 Å². The maximum absolute atomic E-state index is 6.32. The number of hydrogen-bond acceptors (Lipinski definition) is 4. The fraction of sp³-hybridized carbons (Fsp3) is 0.588. The molecule has 2 N–H and O–H groups in total. The Morgan fingerprint density at radius 2 is 2.14 bits per heavy atom. The van der Waals surface area contributed by atoms with Crippen LogP contribution in [0, 0.1) is 0 Å². The van der Waals surface area contributed by atoms with Crippen LogP contribution in [0.25, 0.3) is 10.9 Å². The fourth-order valence-electron chi connectivity index (χ4n) is 3.19. The monoisotopic (exact) mass is 319 g/mol. The summed E-state index contributed by atoms with van der Waals surface area (Å²) in [6, 6.07) is 4.82. The fourth-order valence-corrected chi connectivity index (χ4v) is 3.89. The van der Waals surface area contributed by atoms with Gasteiger partial charge in [0, 0.05) is 11.4 Å². The van der Waals surface area contributed by atoms with Crippen molar-refractivity contribution in [3.63, 3.8) is 0 Å². The Morgan fingerprint density at radius 3 is 2.86 bits per heavy atom. The number of thioether (sulfide) groups is 1. The highest BCUT2D eigenvalue weighted by atomic mass is 32.2. The Bertz CT molecular complexity index is 605. The van der Waals surface area contributed by atoms with Crippen LogP contribution in [0.2, 0.25) is 0 Å². The first kappa shape index (κ1) is 15.7. The van der Waals surface area contributed by atoms with Gasteiger partial charge >= 0.3 is 0 Å². The second kappa shape index (κ2) is 7.38. The number of H-pyrrole nitrogens is 1. The molecule has 22 heavy (non-hydrogen) atoms. The molecule has 5 heteroatoms. The van der Waals surface area contributed by atoms with E-state index in [-0.39, 0.29) is 0 Å². The van der Waals surface area contributed by atoms with E-state index < -0.39 is 0 Å². The number of ether oxygens (including phenoxy) is 1. The van der Waals surface area contributed by atoms with Crippen molar-refractivity contribution in [2.45, 2.75) is 56.1 Å². The molecule has 1 aliphatic carbocycles. The van der Waals surface area contributed by atoms with Gasteiger partial charge in [-0.2, -0.15) is 5.10 Å². The smallest absolute Gasteiger partial charge is 0.134 e. The molecule has 1 aromatic carbocycles. The molecule has 0 unspecified atom stereocenters. The molecule has 0 spiro atoms. The SMILES string of the molecule is CCCNC1CCC(Oc2ccc3[nH]ncc3c2SC)CC1. The molecule has 1 fully saturated rings. The number of nitrogens with zero attached hydrogens (tertiary/aromatic N) is 1. The summed E-state index contributed by atoms with van der Waals surface area (Å²) in [5.74, 6) is 1.01. The summed E-state index contributed by atoms with van der Waals surface area (Å²) in [5, 5.41) is 11.9. The summed E-state index contributed by atoms with van der Waals surface area (Å²) < 4.78 is 6.32. The lowest BCUT2D eigenvalue weighted by molar-refractivity contribution is 0.137. The number of aromatic amines is 1. The molecule has 3 rings (SSSR count). The highest BCUT2D eigenvalue weighted by Gasteiger charge is 2.23. The lowest BCUT2D eigenvalue weighted by Crippen LogP contribution is -2.36. The van der Waals surface area contributed by atoms with Gasteiger partial charge in [0.25, 0.3) is 0 Å². The summed E-state index contributed by atoms with van der Waals surface area (Å²) in [6.07, 6.45) is 10.2. The zero-order chi connectivity index (χ0) is 15.4. The molecule has 0 radical (unpaired) electrons. The van der Waals surface area contributed by atoms with Crippen LogP contribution in [0.3, 0.4) is 0 Å². The number of aromatic nitrogens is 2. The minimum Gasteiger partial charge on any atom is -0.489 e. The quantitative estimate of drug-likeness (QED) is 0.791. The van der Waals surface area contributed by atoms with Gasteiger partial charge in [-0.05, 0) is 57.0 Å². The topological polar surface area (TPSA) is 49.9 Å². The summed E-state index contributed by atoms with van der Waals surface area (Å²) in [5.41, 5.74) is 1.07. The molecule has 0 saturated heterocycles. The summed E-state index contributed by atoms with van der Waals surface area (Å²) >= 11 is 1.73. The van der Waals surface area contributed by atoms with E-state index in [4.69, 9.17) is 4.74 Å². The number of rotatable bonds is 6. The Labute approximate surface area is 136 Å². The van der Waals surface area contributed by atoms with E-state index in [9.17, 15) is 0 Å². The first-order valence-corrected chi connectivity index (χ1v) is 9.44. The summed E-state index contributed by atoms with van der Waals surface area (Å²) in [6.45, 7) is 3.35. The predicted octanol–water partition coefficient (Wildman–Crippen LogP) is 3.97. The lowest BCUT2D eigenvalue weighted by atomic mass is 9.93. The van der Waals surface area contributed by atoms with Gasteiger partial charge < -0.3 is 10.1 Å². The molecule has 1 aliphatic rings. The molecular formula is C17H25N3OS. The van der Waals surface area contributed by atoms with Gasteiger partial charge in [-0.15, -0.1) is 11.8 Å².